The van der Waals surface area contributed by atoms with Crippen LogP contribution in [0, 0.1) is 5.82 Å². The fourth-order valence-electron chi connectivity index (χ4n) is 3.90. The van der Waals surface area contributed by atoms with E-state index in [2.05, 4.69) is 20.4 Å². The summed E-state index contributed by atoms with van der Waals surface area (Å²) in [6.45, 7) is 1.53. The van der Waals surface area contributed by atoms with Gasteiger partial charge in [0.05, 0.1) is 12.1 Å². The van der Waals surface area contributed by atoms with Crippen molar-refractivity contribution in [1.29, 1.82) is 0 Å². The quantitative estimate of drug-likeness (QED) is 0.374. The van der Waals surface area contributed by atoms with Crippen LogP contribution in [-0.4, -0.2) is 53.6 Å². The molecular weight excluding hydrogens is 487 g/mol. The van der Waals surface area contributed by atoms with E-state index in [-0.39, 0.29) is 30.2 Å². The maximum atomic E-state index is 13.3. The van der Waals surface area contributed by atoms with Gasteiger partial charge in [-0.3, -0.25) is 9.59 Å². The molecule has 2 N–H and O–H groups in total. The molecule has 2 heterocycles. The van der Waals surface area contributed by atoms with Crippen LogP contribution in [0.5, 0.6) is 0 Å². The van der Waals surface area contributed by atoms with Crippen molar-refractivity contribution >= 4 is 46.2 Å². The highest BCUT2D eigenvalue weighted by Crippen LogP contribution is 2.32. The third-order valence-corrected chi connectivity index (χ3v) is 7.24. The first-order valence-electron chi connectivity index (χ1n) is 11.2. The van der Waals surface area contributed by atoms with Crippen LogP contribution < -0.4 is 10.6 Å². The van der Waals surface area contributed by atoms with Gasteiger partial charge in [0.15, 0.2) is 5.11 Å². The Hall–Kier alpha value is -3.37. The number of esters is 1. The molecule has 0 saturated carbocycles. The monoisotopic (exact) mass is 512 g/mol. The summed E-state index contributed by atoms with van der Waals surface area (Å²) in [5.74, 6) is -0.716. The molecule has 1 amide bonds. The number of rotatable bonds is 6. The lowest BCUT2D eigenvalue weighted by molar-refractivity contribution is -0.139. The minimum absolute atomic E-state index is 0.0461. The van der Waals surface area contributed by atoms with Gasteiger partial charge in [0, 0.05) is 35.6 Å². The molecule has 2 aromatic carbocycles. The van der Waals surface area contributed by atoms with Crippen molar-refractivity contribution in [2.45, 2.75) is 18.8 Å². The summed E-state index contributed by atoms with van der Waals surface area (Å²) in [6.07, 6.45) is 1.70. The van der Waals surface area contributed by atoms with Crippen LogP contribution in [0.25, 0.3) is 11.1 Å². The van der Waals surface area contributed by atoms with Crippen molar-refractivity contribution in [2.24, 2.45) is 0 Å². The first-order valence-corrected chi connectivity index (χ1v) is 12.4. The topological polar surface area (TPSA) is 83.6 Å². The van der Waals surface area contributed by atoms with Crippen LogP contribution >= 0.6 is 23.6 Å². The number of anilines is 1. The summed E-state index contributed by atoms with van der Waals surface area (Å²) in [4.78, 5) is 30.9. The predicted molar refractivity (Wildman–Crippen MR) is 138 cm³/mol. The number of thiocarbonyl (C=S) groups is 1. The molecule has 182 valence electrons. The fourth-order valence-corrected chi connectivity index (χ4v) is 5.13. The third kappa shape index (κ3) is 6.20. The molecule has 1 fully saturated rings. The van der Waals surface area contributed by atoms with Crippen LogP contribution in [0.3, 0.4) is 0 Å². The second-order valence-electron chi connectivity index (χ2n) is 8.07. The van der Waals surface area contributed by atoms with E-state index in [4.69, 9.17) is 12.2 Å². The first-order chi connectivity index (χ1) is 16.9. The molecule has 1 aliphatic heterocycles. The fraction of sp³-hybridized carbons (Fsp3) is 0.280. The molecule has 0 bridgehead atoms. The lowest BCUT2D eigenvalue weighted by atomic mass is 9.98. The number of carbonyl (C=O) groups excluding carboxylic acids is 2. The van der Waals surface area contributed by atoms with Crippen LogP contribution in [0.15, 0.2) is 53.9 Å². The van der Waals surface area contributed by atoms with Crippen LogP contribution in [0.4, 0.5) is 10.1 Å². The standard InChI is InChI=1S/C25H25FN4O3S2/c1-33-22(31)14-27-25(34)30-12-10-17(11-13-30)24-29-21(15-35-24)23(32)28-20-5-3-2-4-19(20)16-6-8-18(26)9-7-16/h2-9,15,17H,10-14H2,1H3,(H,27,34)(H,28,32). The highest BCUT2D eigenvalue weighted by atomic mass is 32.1. The van der Waals surface area contributed by atoms with E-state index in [0.717, 1.165) is 42.1 Å². The number of likely N-dealkylation sites (tertiary alicyclic amines) is 1. The number of nitrogens with zero attached hydrogens (tertiary/aromatic N) is 2. The van der Waals surface area contributed by atoms with Crippen LogP contribution in [-0.2, 0) is 9.53 Å². The molecule has 0 spiro atoms. The van der Waals surface area contributed by atoms with Crippen molar-refractivity contribution in [2.75, 3.05) is 32.1 Å². The van der Waals surface area contributed by atoms with E-state index in [1.807, 2.05) is 29.2 Å². The van der Waals surface area contributed by atoms with Gasteiger partial charge in [-0.2, -0.15) is 0 Å². The number of methoxy groups -OCH3 is 1. The van der Waals surface area contributed by atoms with Crippen molar-refractivity contribution < 1.29 is 18.7 Å². The van der Waals surface area contributed by atoms with Gasteiger partial charge in [-0.25, -0.2) is 9.37 Å². The Kier molecular flexibility index (Phi) is 8.04. The number of amides is 1. The Morgan fingerprint density at radius 3 is 2.60 bits per heavy atom. The van der Waals surface area contributed by atoms with Gasteiger partial charge in [-0.15, -0.1) is 11.3 Å². The van der Waals surface area contributed by atoms with Gasteiger partial charge in [-0.05, 0) is 48.8 Å². The Balaban J connectivity index is 1.36. The number of hydrogen-bond donors (Lipinski definition) is 2. The zero-order valence-corrected chi connectivity index (χ0v) is 20.8. The van der Waals surface area contributed by atoms with E-state index in [0.29, 0.717) is 16.5 Å². The molecule has 35 heavy (non-hydrogen) atoms. The van der Waals surface area contributed by atoms with Crippen molar-refractivity contribution in [3.05, 3.63) is 70.4 Å². The second kappa shape index (κ2) is 11.4. The normalized spacial score (nSPS) is 13.8. The smallest absolute Gasteiger partial charge is 0.325 e. The van der Waals surface area contributed by atoms with Crippen LogP contribution in [0.1, 0.15) is 34.3 Å². The number of ether oxygens (including phenoxy) is 1. The second-order valence-corrected chi connectivity index (χ2v) is 9.35. The third-order valence-electron chi connectivity index (χ3n) is 5.83. The number of halogens is 1. The summed E-state index contributed by atoms with van der Waals surface area (Å²) in [7, 11) is 1.34. The number of hydrogen-bond acceptors (Lipinski definition) is 6. The molecule has 3 aromatic rings. The molecule has 1 saturated heterocycles. The average molecular weight is 513 g/mol. The lowest BCUT2D eigenvalue weighted by Gasteiger charge is -2.33. The Bertz CT molecular complexity index is 1210. The number of thiazole rings is 1. The van der Waals surface area contributed by atoms with E-state index < -0.39 is 0 Å². The minimum atomic E-state index is -0.365. The molecule has 0 atom stereocenters. The maximum absolute atomic E-state index is 13.3. The highest BCUT2D eigenvalue weighted by molar-refractivity contribution is 7.80. The zero-order chi connectivity index (χ0) is 24.8. The van der Waals surface area contributed by atoms with E-state index in [1.165, 1.54) is 30.6 Å². The lowest BCUT2D eigenvalue weighted by Crippen LogP contribution is -2.45. The first kappa shape index (κ1) is 24.7. The molecule has 4 rings (SSSR count). The Morgan fingerprint density at radius 2 is 1.89 bits per heavy atom. The molecule has 7 nitrogen and oxygen atoms in total. The van der Waals surface area contributed by atoms with Gasteiger partial charge < -0.3 is 20.3 Å². The van der Waals surface area contributed by atoms with Gasteiger partial charge >= 0.3 is 5.97 Å². The SMILES string of the molecule is COC(=O)CNC(=S)N1CCC(c2nc(C(=O)Nc3ccccc3-c3ccc(F)cc3)cs2)CC1. The summed E-state index contributed by atoms with van der Waals surface area (Å²) in [6, 6.07) is 13.6. The Labute approximate surface area is 212 Å². The summed E-state index contributed by atoms with van der Waals surface area (Å²) >= 11 is 6.85. The van der Waals surface area contributed by atoms with Crippen molar-refractivity contribution in [3.63, 3.8) is 0 Å². The molecular formula is C25H25FN4O3S2. The summed E-state index contributed by atoms with van der Waals surface area (Å²) in [5, 5.41) is 9.10. The number of aromatic nitrogens is 1. The van der Waals surface area contributed by atoms with Gasteiger partial charge in [0.1, 0.15) is 18.1 Å². The number of carbonyl (C=O) groups is 2. The van der Waals surface area contributed by atoms with Crippen molar-refractivity contribution in [3.8, 4) is 11.1 Å². The van der Waals surface area contributed by atoms with Crippen molar-refractivity contribution in [1.82, 2.24) is 15.2 Å². The number of nitrogens with one attached hydrogen (secondary N) is 2. The van der Waals surface area contributed by atoms with E-state index >= 15 is 0 Å². The molecule has 0 radical (unpaired) electrons. The largest absolute Gasteiger partial charge is 0.468 e. The summed E-state index contributed by atoms with van der Waals surface area (Å²) < 4.78 is 17.9. The zero-order valence-electron chi connectivity index (χ0n) is 19.1. The Morgan fingerprint density at radius 1 is 1.17 bits per heavy atom. The van der Waals surface area contributed by atoms with Gasteiger partial charge in [-0.1, -0.05) is 30.3 Å². The molecule has 1 aliphatic rings. The van der Waals surface area contributed by atoms with E-state index in [1.54, 1.807) is 17.5 Å². The molecule has 0 aliphatic carbocycles. The number of para-hydroxylation sites is 1. The summed E-state index contributed by atoms with van der Waals surface area (Å²) in [5.41, 5.74) is 2.63. The molecule has 10 heteroatoms. The van der Waals surface area contributed by atoms with E-state index in [9.17, 15) is 14.0 Å². The average Bonchev–Trinajstić information content (AvgIpc) is 3.39. The molecule has 0 unspecified atom stereocenters. The highest BCUT2D eigenvalue weighted by Gasteiger charge is 2.25. The van der Waals surface area contributed by atoms with Gasteiger partial charge in [0.2, 0.25) is 0 Å². The molecule has 1 aromatic heterocycles. The minimum Gasteiger partial charge on any atom is -0.468 e. The number of piperidine rings is 1. The maximum Gasteiger partial charge on any atom is 0.325 e. The van der Waals surface area contributed by atoms with Gasteiger partial charge in [0.25, 0.3) is 5.91 Å². The number of benzene rings is 2. The predicted octanol–water partition coefficient (Wildman–Crippen LogP) is 4.43. The van der Waals surface area contributed by atoms with Crippen LogP contribution in [0.2, 0.25) is 0 Å².